The molecule has 0 amide bonds. The summed E-state index contributed by atoms with van der Waals surface area (Å²) in [6, 6.07) is 16.5. The fraction of sp³-hybridized carbons (Fsp3) is 0.158. The van der Waals surface area contributed by atoms with Gasteiger partial charge in [-0.1, -0.05) is 97.1 Å². The number of carboxylic acid groups (broad SMARTS) is 1. The van der Waals surface area contributed by atoms with Crippen LogP contribution in [-0.2, 0) is 56.0 Å². The van der Waals surface area contributed by atoms with E-state index in [1.165, 1.54) is 24.3 Å². The molecule has 7 aromatic carbocycles. The summed E-state index contributed by atoms with van der Waals surface area (Å²) >= 11 is 0. The third-order valence-electron chi connectivity index (χ3n) is 13.3. The molecule has 8 aromatic rings. The maximum atomic E-state index is 14.2. The summed E-state index contributed by atoms with van der Waals surface area (Å²) in [4.78, 5) is 37.0. The quantitative estimate of drug-likeness (QED) is 0.0368. The number of ether oxygens (including phenoxy) is 1. The number of para-hydroxylation sites is 1. The summed E-state index contributed by atoms with van der Waals surface area (Å²) < 4.78 is 348. The molecule has 0 fully saturated rings. The number of aromatic nitrogens is 1. The predicted octanol–water partition coefficient (Wildman–Crippen LogP) is 15.1. The lowest BCUT2D eigenvalue weighted by molar-refractivity contribution is -0.659. The molecule has 0 unspecified atom stereocenters. The Morgan fingerprint density at radius 3 is 1.01 bits per heavy atom. The molecule has 0 atom stereocenters. The molecule has 1 N–H and O–H groups in total. The highest BCUT2D eigenvalue weighted by Crippen LogP contribution is 2.42. The van der Waals surface area contributed by atoms with Gasteiger partial charge in [0.1, 0.15) is 11.9 Å². The summed E-state index contributed by atoms with van der Waals surface area (Å²) in [7, 11) is 0. The Kier molecular flexibility index (Phi) is 17.8. The van der Waals surface area contributed by atoms with Crippen LogP contribution in [0, 0.1) is 0 Å². The number of hydrogen-bond acceptors (Lipinski definition) is 4. The predicted molar refractivity (Wildman–Crippen MR) is 263 cm³/mol. The van der Waals surface area contributed by atoms with Gasteiger partial charge >= 0.3 is 61.3 Å². The Morgan fingerprint density at radius 1 is 0.364 bits per heavy atom. The van der Waals surface area contributed by atoms with Gasteiger partial charge in [0, 0.05) is 23.1 Å². The lowest BCUT2D eigenvalue weighted by Gasteiger charge is -2.46. The molecule has 0 saturated carbocycles. The smallest absolute Gasteiger partial charge is 0.416 e. The second-order valence-electron chi connectivity index (χ2n) is 19.1. The fourth-order valence-corrected chi connectivity index (χ4v) is 9.39. The summed E-state index contributed by atoms with van der Waals surface area (Å²) in [6.07, 6.45) is -54.8. The number of alkyl halides is 24. The first-order valence-corrected chi connectivity index (χ1v) is 24.2. The van der Waals surface area contributed by atoms with E-state index in [1.54, 1.807) is 41.0 Å². The average molecular weight is 1280 g/mol. The van der Waals surface area contributed by atoms with E-state index in [4.69, 9.17) is 9.84 Å². The largest absolute Gasteiger partial charge is 0.478 e. The number of halogens is 24. The van der Waals surface area contributed by atoms with Crippen molar-refractivity contribution in [2.75, 3.05) is 0 Å². The van der Waals surface area contributed by atoms with Crippen molar-refractivity contribution in [3.63, 3.8) is 0 Å². The average Bonchev–Trinajstić information content (AvgIpc) is 0.713. The number of rotatable bonds is 10. The molecule has 0 radical (unpaired) electrons. The summed E-state index contributed by atoms with van der Waals surface area (Å²) in [6.45, 7) is -0.0506. The van der Waals surface area contributed by atoms with Crippen LogP contribution in [0.1, 0.15) is 75.7 Å². The molecule has 8 rings (SSSR count). The number of Topliss-reactive ketones (excluding diaryl/α,β-unsaturated/α-hetero) is 1. The molecule has 0 aliphatic carbocycles. The van der Waals surface area contributed by atoms with E-state index in [2.05, 4.69) is 0 Å². The zero-order chi connectivity index (χ0) is 65.7. The van der Waals surface area contributed by atoms with Crippen molar-refractivity contribution in [2.24, 2.45) is 0 Å². The molecule has 0 aliphatic rings. The van der Waals surface area contributed by atoms with E-state index in [0.29, 0.717) is 11.1 Å². The zero-order valence-corrected chi connectivity index (χ0v) is 43.0. The number of esters is 1. The third-order valence-corrected chi connectivity index (χ3v) is 13.3. The number of benzene rings is 7. The maximum absolute atomic E-state index is 14.2. The SMILES string of the molecule is FC(F)(F)c1cc([B-](c2cc(C(F)(F)F)cc(C(F)(F)F)c2)(c2cc(C(F)(F)F)cc(C(F)(F)F)c2)c2cc(C(F)(F)F)cc(C(F)(F)F)c2)cc(C(F)(F)F)c1.O=C(O)c1cccc(OC(=O)c2ccc3ccccc3[n+]2CC(=O)c2ccccc2)c1. The molecule has 31 heteroatoms. The highest BCUT2D eigenvalue weighted by molar-refractivity contribution is 7.20. The van der Waals surface area contributed by atoms with Crippen LogP contribution in [0.4, 0.5) is 105 Å². The van der Waals surface area contributed by atoms with Crippen LogP contribution in [0.15, 0.2) is 164 Å². The lowest BCUT2D eigenvalue weighted by atomic mass is 9.12. The Hall–Kier alpha value is -9.06. The van der Waals surface area contributed by atoms with Gasteiger partial charge in [-0.3, -0.25) is 4.79 Å². The second-order valence-corrected chi connectivity index (χ2v) is 19.1. The van der Waals surface area contributed by atoms with Gasteiger partial charge in [0.2, 0.25) is 17.8 Å². The Labute approximate surface area is 476 Å². The lowest BCUT2D eigenvalue weighted by Crippen LogP contribution is -2.75. The highest BCUT2D eigenvalue weighted by Gasteiger charge is 2.47. The first-order valence-electron chi connectivity index (χ1n) is 24.2. The van der Waals surface area contributed by atoms with Crippen LogP contribution in [0.2, 0.25) is 0 Å². The molecular formula is C57H30BF24NO5. The maximum Gasteiger partial charge on any atom is 0.416 e. The van der Waals surface area contributed by atoms with E-state index in [1.807, 2.05) is 30.3 Å². The van der Waals surface area contributed by atoms with Crippen LogP contribution >= 0.6 is 0 Å². The van der Waals surface area contributed by atoms with Gasteiger partial charge in [0.15, 0.2) is 0 Å². The standard InChI is InChI=1S/C32H12BF24.C25H17NO5/c34-25(35,36)13-1-14(26(37,38)39)6-21(5-13)33(22-7-15(27(40,41)42)2-16(8-22)28(43,44)45,23-9-17(29(46,47)48)3-18(10-23)30(49,50)51)24-11-19(31(52,53)54)4-20(12-24)32(55,56)57;27-23(18-8-2-1-3-9-18)16-26-21-12-5-4-7-17(21)13-14-22(26)25(30)31-20-11-6-10-19(15-20)24(28)29/h1-12H;1-15H,16H2/q-1;/p+1. The summed E-state index contributed by atoms with van der Waals surface area (Å²) in [5, 5.41) is 10.0. The molecular weight excluding hydrogens is 1250 g/mol. The molecule has 0 spiro atoms. The van der Waals surface area contributed by atoms with E-state index >= 15 is 0 Å². The molecule has 0 aliphatic heterocycles. The van der Waals surface area contributed by atoms with E-state index in [-0.39, 0.29) is 29.3 Å². The normalized spacial score (nSPS) is 13.0. The summed E-state index contributed by atoms with van der Waals surface area (Å²) in [5.74, 6) is -1.84. The monoisotopic (exact) mass is 1280 g/mol. The number of aromatic carboxylic acids is 1. The van der Waals surface area contributed by atoms with Gasteiger partial charge in [-0.25, -0.2) is 9.59 Å². The number of carbonyl (C=O) groups is 3. The van der Waals surface area contributed by atoms with Crippen molar-refractivity contribution in [1.29, 1.82) is 0 Å². The number of fused-ring (bicyclic) bond motifs is 1. The van der Waals surface area contributed by atoms with Gasteiger partial charge in [0.25, 0.3) is 5.69 Å². The van der Waals surface area contributed by atoms with Crippen molar-refractivity contribution in [3.8, 4) is 5.75 Å². The van der Waals surface area contributed by atoms with Crippen molar-refractivity contribution < 1.29 is 134 Å². The van der Waals surface area contributed by atoms with Crippen LogP contribution in [0.5, 0.6) is 5.75 Å². The van der Waals surface area contributed by atoms with Crippen molar-refractivity contribution in [3.05, 3.63) is 225 Å². The highest BCUT2D eigenvalue weighted by atomic mass is 19.4. The van der Waals surface area contributed by atoms with Gasteiger partial charge < -0.3 is 9.84 Å². The Bertz CT molecular complexity index is 3520. The number of hydrogen-bond donors (Lipinski definition) is 1. The van der Waals surface area contributed by atoms with Crippen molar-refractivity contribution in [1.82, 2.24) is 0 Å². The topological polar surface area (TPSA) is 84.6 Å². The number of carboxylic acids is 1. The minimum Gasteiger partial charge on any atom is -0.478 e. The van der Waals surface area contributed by atoms with E-state index < -0.39 is 207 Å². The molecule has 464 valence electrons. The third kappa shape index (κ3) is 14.8. The van der Waals surface area contributed by atoms with Crippen molar-refractivity contribution >= 4 is 56.6 Å². The van der Waals surface area contributed by atoms with Gasteiger partial charge in [0.05, 0.1) is 50.1 Å². The number of nitrogens with zero attached hydrogens (tertiary/aromatic N) is 1. The van der Waals surface area contributed by atoms with Crippen molar-refractivity contribution in [2.45, 2.75) is 56.0 Å². The molecule has 6 nitrogen and oxygen atoms in total. The number of pyridine rings is 1. The van der Waals surface area contributed by atoms with E-state index in [9.17, 15) is 120 Å². The minimum absolute atomic E-state index is 0.0101. The Balaban J connectivity index is 0.000000298. The van der Waals surface area contributed by atoms with Crippen LogP contribution in [-0.4, -0.2) is 29.0 Å². The molecule has 1 heterocycles. The zero-order valence-electron chi connectivity index (χ0n) is 43.0. The molecule has 0 bridgehead atoms. The van der Waals surface area contributed by atoms with Crippen LogP contribution < -0.4 is 31.2 Å². The number of carbonyl (C=O) groups excluding carboxylic acids is 2. The molecule has 1 aromatic heterocycles. The summed E-state index contributed by atoms with van der Waals surface area (Å²) in [5.41, 5.74) is -28.8. The van der Waals surface area contributed by atoms with Gasteiger partial charge in [-0.2, -0.15) is 132 Å². The Morgan fingerprint density at radius 2 is 0.682 bits per heavy atom. The molecule has 0 saturated heterocycles. The number of ketones is 1. The minimum atomic E-state index is -6.13. The van der Waals surface area contributed by atoms with Gasteiger partial charge in [-0.05, 0) is 54.6 Å². The fourth-order valence-electron chi connectivity index (χ4n) is 9.39. The van der Waals surface area contributed by atoms with Crippen LogP contribution in [0.25, 0.3) is 10.9 Å². The van der Waals surface area contributed by atoms with Crippen LogP contribution in [0.3, 0.4) is 0 Å². The van der Waals surface area contributed by atoms with E-state index in [0.717, 1.165) is 5.39 Å². The van der Waals surface area contributed by atoms with Gasteiger partial charge in [-0.15, -0.1) is 0 Å². The molecule has 88 heavy (non-hydrogen) atoms. The first kappa shape index (κ1) is 66.5. The second kappa shape index (κ2) is 23.6. The first-order chi connectivity index (χ1) is 40.3.